The first-order chi connectivity index (χ1) is 6.97. The standard InChI is InChI=1S/C11H23N3O/c1-11(2,10(13)15)14-9-6-4-3-5-8(9)7-12/h8-9,14H,3-7,12H2,1-2H3,(H2,13,15). The third kappa shape index (κ3) is 3.18. The number of amides is 1. The Labute approximate surface area is 91.8 Å². The second kappa shape index (κ2) is 4.94. The van der Waals surface area contributed by atoms with E-state index in [2.05, 4.69) is 5.32 Å². The molecule has 0 radical (unpaired) electrons. The van der Waals surface area contributed by atoms with Crippen LogP contribution in [0.3, 0.4) is 0 Å². The van der Waals surface area contributed by atoms with Crippen molar-refractivity contribution in [2.75, 3.05) is 6.54 Å². The Kier molecular flexibility index (Phi) is 4.11. The van der Waals surface area contributed by atoms with Crippen LogP contribution in [0.4, 0.5) is 0 Å². The van der Waals surface area contributed by atoms with Gasteiger partial charge in [-0.2, -0.15) is 0 Å². The van der Waals surface area contributed by atoms with E-state index in [1.54, 1.807) is 0 Å². The molecule has 1 rings (SSSR count). The van der Waals surface area contributed by atoms with Crippen molar-refractivity contribution in [3.05, 3.63) is 0 Å². The van der Waals surface area contributed by atoms with Gasteiger partial charge in [-0.25, -0.2) is 0 Å². The van der Waals surface area contributed by atoms with Crippen LogP contribution in [0.25, 0.3) is 0 Å². The molecule has 1 saturated carbocycles. The Hall–Kier alpha value is -0.610. The number of carbonyl (C=O) groups excluding carboxylic acids is 1. The maximum Gasteiger partial charge on any atom is 0.237 e. The lowest BCUT2D eigenvalue weighted by Crippen LogP contribution is -2.57. The number of hydrogen-bond acceptors (Lipinski definition) is 3. The van der Waals surface area contributed by atoms with Gasteiger partial charge >= 0.3 is 0 Å². The first-order valence-corrected chi connectivity index (χ1v) is 5.75. The van der Waals surface area contributed by atoms with E-state index in [1.165, 1.54) is 12.8 Å². The number of carbonyl (C=O) groups is 1. The number of nitrogens with one attached hydrogen (secondary N) is 1. The lowest BCUT2D eigenvalue weighted by Gasteiger charge is -2.36. The summed E-state index contributed by atoms with van der Waals surface area (Å²) in [5, 5.41) is 3.34. The molecule has 2 atom stereocenters. The smallest absolute Gasteiger partial charge is 0.237 e. The summed E-state index contributed by atoms with van der Waals surface area (Å²) >= 11 is 0. The zero-order chi connectivity index (χ0) is 11.5. The number of primary amides is 1. The quantitative estimate of drug-likeness (QED) is 0.630. The van der Waals surface area contributed by atoms with Gasteiger partial charge < -0.3 is 16.8 Å². The minimum Gasteiger partial charge on any atom is -0.368 e. The van der Waals surface area contributed by atoms with Crippen molar-refractivity contribution >= 4 is 5.91 Å². The van der Waals surface area contributed by atoms with Crippen molar-refractivity contribution in [1.82, 2.24) is 5.32 Å². The highest BCUT2D eigenvalue weighted by Crippen LogP contribution is 2.25. The number of hydrogen-bond donors (Lipinski definition) is 3. The zero-order valence-corrected chi connectivity index (χ0v) is 9.75. The fourth-order valence-corrected chi connectivity index (χ4v) is 2.21. The molecule has 0 spiro atoms. The Morgan fingerprint density at radius 1 is 1.40 bits per heavy atom. The van der Waals surface area contributed by atoms with E-state index < -0.39 is 5.54 Å². The molecule has 0 bridgehead atoms. The van der Waals surface area contributed by atoms with Crippen molar-refractivity contribution in [2.24, 2.45) is 17.4 Å². The van der Waals surface area contributed by atoms with Crippen LogP contribution in [-0.4, -0.2) is 24.0 Å². The summed E-state index contributed by atoms with van der Waals surface area (Å²) in [6.45, 7) is 4.35. The summed E-state index contributed by atoms with van der Waals surface area (Å²) in [5.74, 6) is 0.182. The molecule has 0 aromatic carbocycles. The van der Waals surface area contributed by atoms with Gasteiger partial charge in [0.2, 0.25) is 5.91 Å². The second-order valence-electron chi connectivity index (χ2n) is 5.02. The third-order valence-electron chi connectivity index (χ3n) is 3.37. The summed E-state index contributed by atoms with van der Waals surface area (Å²) in [6.07, 6.45) is 4.71. The maximum absolute atomic E-state index is 11.2. The molecule has 0 aromatic rings. The minimum absolute atomic E-state index is 0.302. The topological polar surface area (TPSA) is 81.1 Å². The predicted molar refractivity (Wildman–Crippen MR) is 61.2 cm³/mol. The highest BCUT2D eigenvalue weighted by atomic mass is 16.1. The average molecular weight is 213 g/mol. The normalized spacial score (nSPS) is 27.7. The molecule has 1 aliphatic carbocycles. The van der Waals surface area contributed by atoms with Crippen molar-refractivity contribution in [1.29, 1.82) is 0 Å². The first-order valence-electron chi connectivity index (χ1n) is 5.75. The molecule has 0 aromatic heterocycles. The molecule has 0 aliphatic heterocycles. The maximum atomic E-state index is 11.2. The summed E-state index contributed by atoms with van der Waals surface area (Å²) in [4.78, 5) is 11.2. The Morgan fingerprint density at radius 2 is 2.00 bits per heavy atom. The summed E-state index contributed by atoms with van der Waals surface area (Å²) in [6, 6.07) is 0.339. The fraction of sp³-hybridized carbons (Fsp3) is 0.909. The van der Waals surface area contributed by atoms with Gasteiger partial charge in [-0.1, -0.05) is 12.8 Å². The molecule has 88 valence electrons. The van der Waals surface area contributed by atoms with Gasteiger partial charge in [-0.15, -0.1) is 0 Å². The fourth-order valence-electron chi connectivity index (χ4n) is 2.21. The first kappa shape index (κ1) is 12.5. The predicted octanol–water partition coefficient (Wildman–Crippen LogP) is 0.357. The molecule has 4 nitrogen and oxygen atoms in total. The molecule has 5 N–H and O–H groups in total. The lowest BCUT2D eigenvalue weighted by atomic mass is 9.83. The Balaban J connectivity index is 2.58. The van der Waals surface area contributed by atoms with E-state index in [-0.39, 0.29) is 5.91 Å². The van der Waals surface area contributed by atoms with Gasteiger partial charge in [-0.3, -0.25) is 4.79 Å². The summed E-state index contributed by atoms with van der Waals surface area (Å²) in [5.41, 5.74) is 10.4. The van der Waals surface area contributed by atoms with Gasteiger partial charge in [0.1, 0.15) is 0 Å². The van der Waals surface area contributed by atoms with Gasteiger partial charge in [0.15, 0.2) is 0 Å². The van der Waals surface area contributed by atoms with Gasteiger partial charge in [-0.05, 0) is 39.2 Å². The third-order valence-corrected chi connectivity index (χ3v) is 3.37. The second-order valence-corrected chi connectivity index (χ2v) is 5.02. The van der Waals surface area contributed by atoms with E-state index in [0.29, 0.717) is 18.5 Å². The molecule has 15 heavy (non-hydrogen) atoms. The monoisotopic (exact) mass is 213 g/mol. The molecular weight excluding hydrogens is 190 g/mol. The van der Waals surface area contributed by atoms with Crippen LogP contribution in [-0.2, 0) is 4.79 Å². The van der Waals surface area contributed by atoms with Gasteiger partial charge in [0, 0.05) is 6.04 Å². The molecule has 4 heteroatoms. The lowest BCUT2D eigenvalue weighted by molar-refractivity contribution is -0.123. The highest BCUT2D eigenvalue weighted by molar-refractivity contribution is 5.83. The van der Waals surface area contributed by atoms with E-state index in [1.807, 2.05) is 13.8 Å². The van der Waals surface area contributed by atoms with Crippen LogP contribution < -0.4 is 16.8 Å². The van der Waals surface area contributed by atoms with E-state index in [4.69, 9.17) is 11.5 Å². The molecule has 1 amide bonds. The van der Waals surface area contributed by atoms with Crippen molar-refractivity contribution in [3.8, 4) is 0 Å². The molecule has 1 fully saturated rings. The minimum atomic E-state index is -0.630. The van der Waals surface area contributed by atoms with Crippen LogP contribution >= 0.6 is 0 Å². The van der Waals surface area contributed by atoms with Crippen molar-refractivity contribution < 1.29 is 4.79 Å². The van der Waals surface area contributed by atoms with Crippen molar-refractivity contribution in [3.63, 3.8) is 0 Å². The number of nitrogens with two attached hydrogens (primary N) is 2. The van der Waals surface area contributed by atoms with E-state index in [0.717, 1.165) is 12.8 Å². The van der Waals surface area contributed by atoms with E-state index >= 15 is 0 Å². The largest absolute Gasteiger partial charge is 0.368 e. The average Bonchev–Trinajstić information content (AvgIpc) is 2.18. The zero-order valence-electron chi connectivity index (χ0n) is 9.75. The van der Waals surface area contributed by atoms with Crippen LogP contribution in [0.5, 0.6) is 0 Å². The van der Waals surface area contributed by atoms with Crippen LogP contribution in [0.1, 0.15) is 39.5 Å². The molecule has 2 unspecified atom stereocenters. The molecule has 0 saturated heterocycles. The number of rotatable bonds is 4. The summed E-state index contributed by atoms with van der Waals surface area (Å²) in [7, 11) is 0. The molecular formula is C11H23N3O. The van der Waals surface area contributed by atoms with Crippen LogP contribution in [0.15, 0.2) is 0 Å². The Bertz CT molecular complexity index is 228. The summed E-state index contributed by atoms with van der Waals surface area (Å²) < 4.78 is 0. The van der Waals surface area contributed by atoms with Crippen LogP contribution in [0.2, 0.25) is 0 Å². The van der Waals surface area contributed by atoms with E-state index in [9.17, 15) is 4.79 Å². The molecule has 0 heterocycles. The van der Waals surface area contributed by atoms with Crippen molar-refractivity contribution in [2.45, 2.75) is 51.1 Å². The molecule has 1 aliphatic rings. The van der Waals surface area contributed by atoms with Gasteiger partial charge in [0.05, 0.1) is 5.54 Å². The van der Waals surface area contributed by atoms with Crippen LogP contribution in [0, 0.1) is 5.92 Å². The highest BCUT2D eigenvalue weighted by Gasteiger charge is 2.32. The Morgan fingerprint density at radius 3 is 2.53 bits per heavy atom. The van der Waals surface area contributed by atoms with Gasteiger partial charge in [0.25, 0.3) is 0 Å². The SMILES string of the molecule is CC(C)(NC1CCCCC1CN)C(N)=O.